The molecule has 4 rings (SSSR count). The first kappa shape index (κ1) is 18.4. The molecule has 0 saturated carbocycles. The van der Waals surface area contributed by atoms with Crippen molar-refractivity contribution < 1.29 is 4.79 Å². The van der Waals surface area contributed by atoms with Crippen molar-refractivity contribution in [2.24, 2.45) is 5.10 Å². The molecule has 0 saturated heterocycles. The Kier molecular flexibility index (Phi) is 5.29. The average Bonchev–Trinajstić information content (AvgIpc) is 3.24. The number of amides is 1. The zero-order valence-electron chi connectivity index (χ0n) is 16.0. The fraction of sp³-hybridized carbons (Fsp3) is 0.0417. The molecule has 0 aliphatic rings. The Morgan fingerprint density at radius 2 is 1.72 bits per heavy atom. The third kappa shape index (κ3) is 4.47. The Balaban J connectivity index is 1.43. The number of hydrogen-bond donors (Lipinski definition) is 2. The number of nitrogens with zero attached hydrogens (tertiary/aromatic N) is 2. The Labute approximate surface area is 168 Å². The van der Waals surface area contributed by atoms with E-state index >= 15 is 0 Å². The molecule has 0 fully saturated rings. The zero-order valence-corrected chi connectivity index (χ0v) is 16.0. The van der Waals surface area contributed by atoms with Gasteiger partial charge in [0.25, 0.3) is 5.91 Å². The quantitative estimate of drug-likeness (QED) is 0.376. The molecule has 4 aromatic rings. The van der Waals surface area contributed by atoms with Gasteiger partial charge in [0, 0.05) is 5.56 Å². The highest BCUT2D eigenvalue weighted by Gasteiger charge is 2.10. The summed E-state index contributed by atoms with van der Waals surface area (Å²) in [4.78, 5) is 12.3. The Morgan fingerprint density at radius 3 is 2.55 bits per heavy atom. The summed E-state index contributed by atoms with van der Waals surface area (Å²) < 4.78 is 0. The van der Waals surface area contributed by atoms with E-state index in [2.05, 4.69) is 38.9 Å². The Bertz CT molecular complexity index is 1210. The van der Waals surface area contributed by atoms with Gasteiger partial charge in [-0.15, -0.1) is 0 Å². The molecule has 0 aliphatic heterocycles. The standard InChI is InChI=1S/C24H20N4O/c1-17(13-18-7-3-2-4-8-18)16-25-28-24(29)23-15-22(26-27-23)21-12-11-19-9-5-6-10-20(19)14-21/h2-16H,1H3,(H,26,27)(H,28,29)/b17-13+,25-16+. The number of fused-ring (bicyclic) bond motifs is 1. The monoisotopic (exact) mass is 380 g/mol. The third-order valence-electron chi connectivity index (χ3n) is 4.50. The molecule has 0 unspecified atom stereocenters. The first-order valence-electron chi connectivity index (χ1n) is 9.30. The van der Waals surface area contributed by atoms with E-state index in [4.69, 9.17) is 0 Å². The fourth-order valence-corrected chi connectivity index (χ4v) is 3.04. The van der Waals surface area contributed by atoms with Crippen molar-refractivity contribution in [2.45, 2.75) is 6.92 Å². The second kappa shape index (κ2) is 8.35. The molecule has 1 heterocycles. The largest absolute Gasteiger partial charge is 0.289 e. The molecule has 5 heteroatoms. The SMILES string of the molecule is CC(/C=N/NC(=O)c1cc(-c2ccc3ccccc3c2)n[nH]1)=C\c1ccccc1. The van der Waals surface area contributed by atoms with E-state index in [1.54, 1.807) is 12.3 Å². The summed E-state index contributed by atoms with van der Waals surface area (Å²) in [7, 11) is 0. The van der Waals surface area contributed by atoms with Crippen LogP contribution in [0.25, 0.3) is 28.1 Å². The molecule has 3 aromatic carbocycles. The van der Waals surface area contributed by atoms with Gasteiger partial charge in [-0.1, -0.05) is 72.8 Å². The van der Waals surface area contributed by atoms with E-state index in [9.17, 15) is 4.79 Å². The van der Waals surface area contributed by atoms with Gasteiger partial charge in [-0.2, -0.15) is 10.2 Å². The van der Waals surface area contributed by atoms with E-state index in [-0.39, 0.29) is 5.91 Å². The summed E-state index contributed by atoms with van der Waals surface area (Å²) in [6.45, 7) is 1.93. The Morgan fingerprint density at radius 1 is 0.966 bits per heavy atom. The summed E-state index contributed by atoms with van der Waals surface area (Å²) in [5.41, 5.74) is 6.55. The van der Waals surface area contributed by atoms with Crippen molar-refractivity contribution in [1.82, 2.24) is 15.6 Å². The third-order valence-corrected chi connectivity index (χ3v) is 4.50. The number of carbonyl (C=O) groups is 1. The van der Waals surface area contributed by atoms with Gasteiger partial charge in [0.1, 0.15) is 5.69 Å². The highest BCUT2D eigenvalue weighted by Crippen LogP contribution is 2.23. The number of rotatable bonds is 5. The first-order valence-corrected chi connectivity index (χ1v) is 9.30. The van der Waals surface area contributed by atoms with Gasteiger partial charge < -0.3 is 0 Å². The highest BCUT2D eigenvalue weighted by atomic mass is 16.2. The summed E-state index contributed by atoms with van der Waals surface area (Å²) >= 11 is 0. The smallest absolute Gasteiger partial charge is 0.272 e. The lowest BCUT2D eigenvalue weighted by Crippen LogP contribution is -2.17. The number of nitrogens with one attached hydrogen (secondary N) is 2. The van der Waals surface area contributed by atoms with Crippen LogP contribution in [0.4, 0.5) is 0 Å². The lowest BCUT2D eigenvalue weighted by Gasteiger charge is -2.00. The maximum Gasteiger partial charge on any atom is 0.289 e. The van der Waals surface area contributed by atoms with E-state index in [0.717, 1.165) is 27.5 Å². The number of benzene rings is 3. The summed E-state index contributed by atoms with van der Waals surface area (Å²) in [6, 6.07) is 25.9. The molecule has 0 atom stereocenters. The lowest BCUT2D eigenvalue weighted by atomic mass is 10.1. The number of hydrogen-bond acceptors (Lipinski definition) is 3. The maximum absolute atomic E-state index is 12.3. The van der Waals surface area contributed by atoms with Crippen LogP contribution in [0.2, 0.25) is 0 Å². The minimum atomic E-state index is -0.340. The molecule has 5 nitrogen and oxygen atoms in total. The minimum Gasteiger partial charge on any atom is -0.272 e. The number of aromatic amines is 1. The van der Waals surface area contributed by atoms with Gasteiger partial charge in [-0.25, -0.2) is 5.43 Å². The number of allylic oxidation sites excluding steroid dienone is 1. The van der Waals surface area contributed by atoms with Crippen LogP contribution in [-0.4, -0.2) is 22.3 Å². The van der Waals surface area contributed by atoms with E-state index < -0.39 is 0 Å². The second-order valence-corrected chi connectivity index (χ2v) is 6.73. The molecule has 142 valence electrons. The molecule has 29 heavy (non-hydrogen) atoms. The van der Waals surface area contributed by atoms with Gasteiger partial charge in [0.2, 0.25) is 0 Å². The van der Waals surface area contributed by atoms with Crippen molar-refractivity contribution in [1.29, 1.82) is 0 Å². The normalized spacial score (nSPS) is 11.8. The summed E-state index contributed by atoms with van der Waals surface area (Å²) in [5.74, 6) is -0.340. The molecule has 0 radical (unpaired) electrons. The number of aromatic nitrogens is 2. The van der Waals surface area contributed by atoms with Crippen LogP contribution in [0, 0.1) is 0 Å². The molecule has 0 spiro atoms. The van der Waals surface area contributed by atoms with Crippen molar-refractivity contribution in [3.63, 3.8) is 0 Å². The molecular weight excluding hydrogens is 360 g/mol. The Hall–Kier alpha value is -3.99. The van der Waals surface area contributed by atoms with Gasteiger partial charge >= 0.3 is 0 Å². The van der Waals surface area contributed by atoms with Crippen LogP contribution in [0.3, 0.4) is 0 Å². The average molecular weight is 380 g/mol. The van der Waals surface area contributed by atoms with E-state index in [1.165, 1.54) is 0 Å². The van der Waals surface area contributed by atoms with Crippen LogP contribution in [0.1, 0.15) is 23.0 Å². The van der Waals surface area contributed by atoms with Gasteiger partial charge in [-0.05, 0) is 41.0 Å². The van der Waals surface area contributed by atoms with Crippen molar-refractivity contribution in [3.8, 4) is 11.3 Å². The number of carbonyl (C=O) groups excluding carboxylic acids is 1. The molecule has 0 bridgehead atoms. The maximum atomic E-state index is 12.3. The lowest BCUT2D eigenvalue weighted by molar-refractivity contribution is 0.0950. The van der Waals surface area contributed by atoms with Gasteiger partial charge in [-0.3, -0.25) is 9.89 Å². The number of hydrazone groups is 1. The predicted molar refractivity (Wildman–Crippen MR) is 118 cm³/mol. The summed E-state index contributed by atoms with van der Waals surface area (Å²) in [5, 5.41) is 13.4. The molecular formula is C24H20N4O. The van der Waals surface area contributed by atoms with Crippen LogP contribution in [0.5, 0.6) is 0 Å². The van der Waals surface area contributed by atoms with Crippen LogP contribution in [0.15, 0.2) is 89.5 Å². The van der Waals surface area contributed by atoms with Crippen LogP contribution >= 0.6 is 0 Å². The zero-order chi connectivity index (χ0) is 20.1. The van der Waals surface area contributed by atoms with Gasteiger partial charge in [0.15, 0.2) is 0 Å². The number of H-pyrrole nitrogens is 1. The summed E-state index contributed by atoms with van der Waals surface area (Å²) in [6.07, 6.45) is 3.61. The second-order valence-electron chi connectivity index (χ2n) is 6.73. The fourth-order valence-electron chi connectivity index (χ4n) is 3.04. The van der Waals surface area contributed by atoms with Crippen LogP contribution in [-0.2, 0) is 0 Å². The molecule has 1 amide bonds. The molecule has 1 aromatic heterocycles. The predicted octanol–water partition coefficient (Wildman–Crippen LogP) is 5.05. The molecule has 2 N–H and O–H groups in total. The van der Waals surface area contributed by atoms with Crippen molar-refractivity contribution in [3.05, 3.63) is 95.7 Å². The van der Waals surface area contributed by atoms with Crippen LogP contribution < -0.4 is 5.43 Å². The topological polar surface area (TPSA) is 70.1 Å². The minimum absolute atomic E-state index is 0.340. The highest BCUT2D eigenvalue weighted by molar-refractivity contribution is 5.95. The van der Waals surface area contributed by atoms with Gasteiger partial charge in [0.05, 0.1) is 11.9 Å². The molecule has 0 aliphatic carbocycles. The van der Waals surface area contributed by atoms with E-state index in [1.807, 2.05) is 67.6 Å². The van der Waals surface area contributed by atoms with Crippen molar-refractivity contribution in [2.75, 3.05) is 0 Å². The van der Waals surface area contributed by atoms with E-state index in [0.29, 0.717) is 11.4 Å². The van der Waals surface area contributed by atoms with Crippen molar-refractivity contribution >= 4 is 29.0 Å². The first-order chi connectivity index (χ1) is 14.2.